The van der Waals surface area contributed by atoms with Gasteiger partial charge in [0, 0.05) is 0 Å². The van der Waals surface area contributed by atoms with Gasteiger partial charge in [-0.2, -0.15) is 0 Å². The third-order valence-corrected chi connectivity index (χ3v) is 4.04. The lowest BCUT2D eigenvalue weighted by molar-refractivity contribution is 1.55. The van der Waals surface area contributed by atoms with E-state index >= 15 is 0 Å². The van der Waals surface area contributed by atoms with E-state index in [1.807, 2.05) is 0 Å². The second-order valence-corrected chi connectivity index (χ2v) is 5.72. The molecular formula is C24O6. The molecule has 0 bridgehead atoms. The molecule has 4 aromatic rings. The average molecular weight is 384 g/mol. The summed E-state index contributed by atoms with van der Waals surface area (Å²) < 4.78 is 0. The van der Waals surface area contributed by atoms with E-state index < -0.39 is 32.6 Å². The van der Waals surface area contributed by atoms with Crippen LogP contribution in [0.4, 0.5) is 0 Å². The van der Waals surface area contributed by atoms with Crippen molar-refractivity contribution in [1.82, 2.24) is 0 Å². The van der Waals surface area contributed by atoms with Gasteiger partial charge < -0.3 is 0 Å². The lowest BCUT2D eigenvalue weighted by Crippen LogP contribution is -2.29. The quantitative estimate of drug-likeness (QED) is 0.357. The molecule has 4 rings (SSSR count). The maximum absolute atomic E-state index is 11.6. The highest BCUT2D eigenvalue weighted by Gasteiger charge is 2.11. The van der Waals surface area contributed by atoms with Crippen molar-refractivity contribution in [3.8, 4) is 0 Å². The van der Waals surface area contributed by atoms with Crippen molar-refractivity contribution in [2.45, 2.75) is 0 Å². The average Bonchev–Trinajstić information content (AvgIpc) is 2.76. The van der Waals surface area contributed by atoms with E-state index in [1.54, 1.807) is 0 Å². The molecule has 0 saturated heterocycles. The van der Waals surface area contributed by atoms with Crippen LogP contribution in [-0.4, -0.2) is 0 Å². The zero-order chi connectivity index (χ0) is 21.4. The third kappa shape index (κ3) is 2.61. The van der Waals surface area contributed by atoms with Gasteiger partial charge >= 0.3 is 0 Å². The van der Waals surface area contributed by atoms with Crippen LogP contribution in [0.2, 0.25) is 0 Å². The smallest absolute Gasteiger partial charge is 0.244 e. The van der Waals surface area contributed by atoms with Crippen LogP contribution < -0.4 is 32.6 Å². The molecular weight excluding hydrogens is 384 g/mol. The first-order valence-corrected chi connectivity index (χ1v) is 7.97. The Kier molecular flexibility index (Phi) is 3.98. The summed E-state index contributed by atoms with van der Waals surface area (Å²) in [5.41, 5.74) is -5.02. The van der Waals surface area contributed by atoms with Crippen molar-refractivity contribution in [3.63, 3.8) is 0 Å². The first-order chi connectivity index (χ1) is 14.4. The van der Waals surface area contributed by atoms with Gasteiger partial charge in [-0.15, -0.1) is 0 Å². The van der Waals surface area contributed by atoms with Gasteiger partial charge in [-0.1, -0.05) is 0 Å². The summed E-state index contributed by atoms with van der Waals surface area (Å²) >= 11 is 0. The van der Waals surface area contributed by atoms with Crippen molar-refractivity contribution in [3.05, 3.63) is 134 Å². The van der Waals surface area contributed by atoms with E-state index in [0.717, 1.165) is 0 Å². The van der Waals surface area contributed by atoms with Gasteiger partial charge in [0.1, 0.15) is 0 Å². The standard InChI is InChI=1S/C24O6/c25-19-13-7-1-2-8-14-16(22(28)20(14)26)10-5-6-12-18-17(23(29)24(18)30)11-4-3-9-15(13)21(19)27. The van der Waals surface area contributed by atoms with Crippen LogP contribution in [-0.2, 0) is 0 Å². The first kappa shape index (κ1) is 18.0. The monoisotopic (exact) mass is 384 g/mol. The maximum atomic E-state index is 11.6. The fraction of sp³-hybridized carbons (Fsp3) is 0. The number of fused-ring (bicyclic) bond motifs is 3. The van der Waals surface area contributed by atoms with Crippen LogP contribution in [0.3, 0.4) is 0 Å². The molecule has 0 aromatic heterocycles. The second kappa shape index (κ2) is 6.64. The Morgan fingerprint density at radius 2 is 0.400 bits per heavy atom. The molecule has 0 spiro atoms. The summed E-state index contributed by atoms with van der Waals surface area (Å²) in [6, 6.07) is 28.2. The zero-order valence-corrected chi connectivity index (χ0v) is 14.4. The van der Waals surface area contributed by atoms with E-state index in [0.29, 0.717) is 0 Å². The molecule has 0 fully saturated rings. The number of rotatable bonds is 0. The van der Waals surface area contributed by atoms with Gasteiger partial charge in [0.15, 0.2) is 0 Å². The molecule has 0 heterocycles. The van der Waals surface area contributed by atoms with Crippen molar-refractivity contribution in [1.29, 1.82) is 0 Å². The van der Waals surface area contributed by atoms with Crippen LogP contribution in [0.15, 0.2) is 28.8 Å². The Morgan fingerprint density at radius 1 is 0.267 bits per heavy atom. The van der Waals surface area contributed by atoms with Crippen LogP contribution in [0, 0.1) is 72.8 Å². The Morgan fingerprint density at radius 3 is 0.533 bits per heavy atom. The highest BCUT2D eigenvalue weighted by molar-refractivity contribution is 5.85. The van der Waals surface area contributed by atoms with Gasteiger partial charge in [0.05, 0.1) is 32.3 Å². The lowest BCUT2D eigenvalue weighted by Gasteiger charge is -1.86. The van der Waals surface area contributed by atoms with Gasteiger partial charge in [-0.3, -0.25) is 28.8 Å². The maximum Gasteiger partial charge on any atom is 0.244 e. The minimum absolute atomic E-state index is 0.157. The van der Waals surface area contributed by atoms with E-state index in [9.17, 15) is 28.8 Å². The molecule has 0 atom stereocenters. The molecule has 0 aliphatic heterocycles. The highest BCUT2D eigenvalue weighted by atomic mass is 16.2. The molecule has 4 aromatic carbocycles. The number of hydrogen-bond donors (Lipinski definition) is 0. The largest absolute Gasteiger partial charge is 0.284 e. The summed E-state index contributed by atoms with van der Waals surface area (Å²) in [6.07, 6.45) is 0. The van der Waals surface area contributed by atoms with E-state index in [4.69, 9.17) is 0 Å². The van der Waals surface area contributed by atoms with E-state index in [2.05, 4.69) is 72.8 Å². The first-order valence-electron chi connectivity index (χ1n) is 7.97. The molecule has 6 heteroatoms. The fourth-order valence-corrected chi connectivity index (χ4v) is 2.45. The molecule has 132 valence electrons. The molecule has 0 aliphatic carbocycles. The van der Waals surface area contributed by atoms with Crippen LogP contribution >= 0.6 is 0 Å². The molecule has 30 heavy (non-hydrogen) atoms. The molecule has 0 unspecified atom stereocenters. The molecule has 6 nitrogen and oxygen atoms in total. The summed E-state index contributed by atoms with van der Waals surface area (Å²) in [6.45, 7) is 0. The Bertz CT molecular complexity index is 1420. The summed E-state index contributed by atoms with van der Waals surface area (Å²) in [7, 11) is 0. The predicted molar refractivity (Wildman–Crippen MR) is 103 cm³/mol. The van der Waals surface area contributed by atoms with Gasteiger partial charge in [-0.05, 0) is 72.8 Å². The van der Waals surface area contributed by atoms with Gasteiger partial charge in [-0.25, -0.2) is 0 Å². The summed E-state index contributed by atoms with van der Waals surface area (Å²) in [5, 5.41) is -0.942. The van der Waals surface area contributed by atoms with E-state index in [-0.39, 0.29) is 32.3 Å². The van der Waals surface area contributed by atoms with Crippen molar-refractivity contribution in [2.75, 3.05) is 0 Å². The minimum Gasteiger partial charge on any atom is -0.284 e. The minimum atomic E-state index is -0.836. The molecule has 0 radical (unpaired) electrons. The molecule has 0 aliphatic rings. The van der Waals surface area contributed by atoms with Crippen molar-refractivity contribution in [2.24, 2.45) is 0 Å². The fourth-order valence-electron chi connectivity index (χ4n) is 2.45. The van der Waals surface area contributed by atoms with Gasteiger partial charge in [0.25, 0.3) is 0 Å². The highest BCUT2D eigenvalue weighted by Crippen LogP contribution is 1.96. The summed E-state index contributed by atoms with van der Waals surface area (Å²) in [4.78, 5) is 69.8. The lowest BCUT2D eigenvalue weighted by atomic mass is 10.1. The third-order valence-electron chi connectivity index (χ3n) is 4.04. The predicted octanol–water partition coefficient (Wildman–Crippen LogP) is -1.09. The Labute approximate surface area is 167 Å². The SMILES string of the molecule is O=c1c(=O)c2c#cc#cc3c(=O)c(=O)c3c#cc#cc3c(=O)c(=O)c3c#cc#cc12. The second-order valence-electron chi connectivity index (χ2n) is 5.72. The van der Waals surface area contributed by atoms with Crippen molar-refractivity contribution < 1.29 is 0 Å². The zero-order valence-electron chi connectivity index (χ0n) is 14.4. The Hall–Kier alpha value is -5.40. The van der Waals surface area contributed by atoms with Crippen LogP contribution in [0.1, 0.15) is 0 Å². The molecule has 0 saturated carbocycles. The normalized spacial score (nSPS) is 9.20. The van der Waals surface area contributed by atoms with E-state index in [1.165, 1.54) is 0 Å². The summed E-state index contributed by atoms with van der Waals surface area (Å²) in [5.74, 6) is 0. The van der Waals surface area contributed by atoms with Crippen LogP contribution in [0.25, 0.3) is 32.3 Å². The Balaban J connectivity index is 2.06. The van der Waals surface area contributed by atoms with Crippen molar-refractivity contribution >= 4 is 32.3 Å². The molecule has 0 N–H and O–H groups in total. The van der Waals surface area contributed by atoms with Gasteiger partial charge in [0.2, 0.25) is 32.6 Å². The van der Waals surface area contributed by atoms with Crippen LogP contribution in [0.5, 0.6) is 0 Å². The number of hydrogen-bond acceptors (Lipinski definition) is 6. The molecule has 0 amide bonds. The topological polar surface area (TPSA) is 102 Å².